The van der Waals surface area contributed by atoms with Crippen LogP contribution in [0.1, 0.15) is 31.5 Å². The second kappa shape index (κ2) is 7.28. The topological polar surface area (TPSA) is 66.7 Å². The molecule has 1 aliphatic heterocycles. The molecule has 2 atom stereocenters. The fraction of sp³-hybridized carbons (Fsp3) is 0.273. The summed E-state index contributed by atoms with van der Waals surface area (Å²) in [6.45, 7) is 3.19. The van der Waals surface area contributed by atoms with Crippen LogP contribution in [0.15, 0.2) is 47.0 Å². The summed E-state index contributed by atoms with van der Waals surface area (Å²) in [5.74, 6) is 2.13. The highest BCUT2D eigenvalue weighted by molar-refractivity contribution is 6.31. The second-order valence-electron chi connectivity index (χ2n) is 7.58. The van der Waals surface area contributed by atoms with Gasteiger partial charge in [-0.2, -0.15) is 0 Å². The maximum Gasteiger partial charge on any atom is 0.151 e. The van der Waals surface area contributed by atoms with E-state index in [2.05, 4.69) is 22.2 Å². The van der Waals surface area contributed by atoms with Crippen LogP contribution in [0.5, 0.6) is 0 Å². The minimum absolute atomic E-state index is 0.0705. The zero-order valence-corrected chi connectivity index (χ0v) is 16.6. The van der Waals surface area contributed by atoms with E-state index < -0.39 is 5.82 Å². The quantitative estimate of drug-likeness (QED) is 0.465. The number of benzene rings is 1. The normalized spacial score (nSPS) is 19.7. The summed E-state index contributed by atoms with van der Waals surface area (Å²) >= 11 is 5.89. The van der Waals surface area contributed by atoms with Crippen molar-refractivity contribution in [1.82, 2.24) is 20.3 Å². The summed E-state index contributed by atoms with van der Waals surface area (Å²) in [4.78, 5) is 12.7. The third-order valence-electron chi connectivity index (χ3n) is 5.45. The molecule has 3 aromatic heterocycles. The summed E-state index contributed by atoms with van der Waals surface area (Å²) in [5, 5.41) is 3.53. The van der Waals surface area contributed by atoms with E-state index in [4.69, 9.17) is 21.0 Å². The Labute approximate surface area is 172 Å². The number of aromatic nitrogens is 3. The van der Waals surface area contributed by atoms with E-state index in [1.54, 1.807) is 12.1 Å². The number of halogens is 2. The van der Waals surface area contributed by atoms with Crippen LogP contribution in [0.2, 0.25) is 5.02 Å². The van der Waals surface area contributed by atoms with Crippen molar-refractivity contribution >= 4 is 22.6 Å². The second-order valence-corrected chi connectivity index (χ2v) is 7.99. The van der Waals surface area contributed by atoms with Crippen LogP contribution in [-0.4, -0.2) is 27.5 Å². The maximum atomic E-state index is 13.4. The van der Waals surface area contributed by atoms with Crippen molar-refractivity contribution in [1.29, 1.82) is 0 Å². The van der Waals surface area contributed by atoms with Crippen molar-refractivity contribution in [2.75, 3.05) is 6.54 Å². The molecule has 1 fully saturated rings. The number of hydrogen-bond donors (Lipinski definition) is 2. The first-order valence-electron chi connectivity index (χ1n) is 9.71. The number of hydrogen-bond acceptors (Lipinski definition) is 4. The molecule has 0 amide bonds. The summed E-state index contributed by atoms with van der Waals surface area (Å²) < 4.78 is 19.4. The van der Waals surface area contributed by atoms with Crippen LogP contribution in [0.4, 0.5) is 4.39 Å². The Bertz CT molecular complexity index is 1180. The van der Waals surface area contributed by atoms with E-state index in [1.165, 1.54) is 6.07 Å². The number of furan rings is 1. The highest BCUT2D eigenvalue weighted by atomic mass is 35.5. The number of nitrogens with zero attached hydrogens (tertiary/aromatic N) is 2. The van der Waals surface area contributed by atoms with Crippen molar-refractivity contribution < 1.29 is 8.81 Å². The Kier molecular flexibility index (Phi) is 4.60. The highest BCUT2D eigenvalue weighted by Crippen LogP contribution is 2.32. The molecule has 2 N–H and O–H groups in total. The van der Waals surface area contributed by atoms with Crippen molar-refractivity contribution in [2.45, 2.75) is 31.7 Å². The van der Waals surface area contributed by atoms with Crippen molar-refractivity contribution in [3.05, 3.63) is 59.3 Å². The average Bonchev–Trinajstić information content (AvgIpc) is 3.36. The molecule has 4 aromatic rings. The standard InChI is InChI=1S/C22H20ClFN4O/c1-12-8-14(6-7-25-12)22-26-11-19-17(28-22)10-18(27-19)21-5-4-20(29-21)13-2-3-16(24)15(23)9-13/h2-5,9-12,14,25,27H,6-8H2,1H3. The maximum absolute atomic E-state index is 13.4. The molecule has 0 spiro atoms. The smallest absolute Gasteiger partial charge is 0.151 e. The van der Waals surface area contributed by atoms with Crippen molar-refractivity contribution in [3.63, 3.8) is 0 Å². The van der Waals surface area contributed by atoms with Gasteiger partial charge in [-0.1, -0.05) is 11.6 Å². The largest absolute Gasteiger partial charge is 0.455 e. The lowest BCUT2D eigenvalue weighted by Gasteiger charge is -2.26. The summed E-state index contributed by atoms with van der Waals surface area (Å²) in [6.07, 6.45) is 3.94. The molecule has 2 unspecified atom stereocenters. The van der Waals surface area contributed by atoms with Crippen LogP contribution < -0.4 is 5.32 Å². The van der Waals surface area contributed by atoms with E-state index in [9.17, 15) is 4.39 Å². The third kappa shape index (κ3) is 3.54. The predicted octanol–water partition coefficient (Wildman–Crippen LogP) is 5.53. The van der Waals surface area contributed by atoms with Crippen LogP contribution in [0.3, 0.4) is 0 Å². The zero-order chi connectivity index (χ0) is 20.0. The minimum Gasteiger partial charge on any atom is -0.455 e. The summed E-state index contributed by atoms with van der Waals surface area (Å²) in [6, 6.07) is 10.7. The first kappa shape index (κ1) is 18.3. The van der Waals surface area contributed by atoms with Gasteiger partial charge in [-0.3, -0.25) is 0 Å². The average molecular weight is 411 g/mol. The van der Waals surface area contributed by atoms with Crippen molar-refractivity contribution in [3.8, 4) is 22.8 Å². The molecule has 5 nitrogen and oxygen atoms in total. The lowest BCUT2D eigenvalue weighted by atomic mass is 9.92. The highest BCUT2D eigenvalue weighted by Gasteiger charge is 2.22. The van der Waals surface area contributed by atoms with E-state index in [1.807, 2.05) is 24.4 Å². The van der Waals surface area contributed by atoms with Crippen LogP contribution in [0, 0.1) is 5.82 Å². The van der Waals surface area contributed by atoms with Gasteiger partial charge in [0.1, 0.15) is 17.4 Å². The lowest BCUT2D eigenvalue weighted by molar-refractivity contribution is 0.371. The molecule has 1 aromatic carbocycles. The molecular formula is C22H20ClFN4O. The predicted molar refractivity (Wildman–Crippen MR) is 111 cm³/mol. The molecule has 0 radical (unpaired) electrons. The summed E-state index contributed by atoms with van der Waals surface area (Å²) in [7, 11) is 0. The van der Waals surface area contributed by atoms with Crippen LogP contribution in [0.25, 0.3) is 33.8 Å². The van der Waals surface area contributed by atoms with E-state index in [0.29, 0.717) is 23.5 Å². The summed E-state index contributed by atoms with van der Waals surface area (Å²) in [5.41, 5.74) is 3.29. The molecule has 0 aliphatic carbocycles. The number of rotatable bonds is 3. The molecule has 0 bridgehead atoms. The Morgan fingerprint density at radius 3 is 2.86 bits per heavy atom. The van der Waals surface area contributed by atoms with Gasteiger partial charge >= 0.3 is 0 Å². The van der Waals surface area contributed by atoms with Gasteiger partial charge in [-0.15, -0.1) is 0 Å². The number of aromatic amines is 1. The van der Waals surface area contributed by atoms with Gasteiger partial charge in [0.25, 0.3) is 0 Å². The molecule has 148 valence electrons. The van der Waals surface area contributed by atoms with E-state index in [0.717, 1.165) is 47.5 Å². The Morgan fingerprint density at radius 1 is 1.17 bits per heavy atom. The molecule has 7 heteroatoms. The van der Waals surface area contributed by atoms with E-state index >= 15 is 0 Å². The Morgan fingerprint density at radius 2 is 2.03 bits per heavy atom. The molecule has 5 rings (SSSR count). The minimum atomic E-state index is -0.449. The van der Waals surface area contributed by atoms with Crippen molar-refractivity contribution in [2.24, 2.45) is 0 Å². The molecule has 4 heterocycles. The van der Waals surface area contributed by atoms with Gasteiger partial charge in [0.15, 0.2) is 5.76 Å². The molecule has 0 saturated carbocycles. The Balaban J connectivity index is 1.45. The third-order valence-corrected chi connectivity index (χ3v) is 5.74. The lowest BCUT2D eigenvalue weighted by Crippen LogP contribution is -2.35. The van der Waals surface area contributed by atoms with Gasteiger partial charge in [0, 0.05) is 17.5 Å². The fourth-order valence-corrected chi connectivity index (χ4v) is 4.10. The van der Waals surface area contributed by atoms with Gasteiger partial charge in [0.05, 0.1) is 27.9 Å². The van der Waals surface area contributed by atoms with Crippen LogP contribution >= 0.6 is 11.6 Å². The fourth-order valence-electron chi connectivity index (χ4n) is 3.92. The zero-order valence-electron chi connectivity index (χ0n) is 15.9. The van der Waals surface area contributed by atoms with Gasteiger partial charge < -0.3 is 14.7 Å². The SMILES string of the molecule is CC1CC(c2ncc3[nH]c(-c4ccc(-c5ccc(F)c(Cl)c5)o4)cc3n2)CCN1. The molecule has 1 saturated heterocycles. The Hall–Kier alpha value is -2.70. The number of H-pyrrole nitrogens is 1. The number of piperidine rings is 1. The first-order valence-corrected chi connectivity index (χ1v) is 10.1. The first-order chi connectivity index (χ1) is 14.1. The molecular weight excluding hydrogens is 391 g/mol. The molecule has 1 aliphatic rings. The number of fused-ring (bicyclic) bond motifs is 1. The van der Waals surface area contributed by atoms with Gasteiger partial charge in [-0.05, 0) is 62.7 Å². The van der Waals surface area contributed by atoms with Crippen LogP contribution in [-0.2, 0) is 0 Å². The number of nitrogens with one attached hydrogen (secondary N) is 2. The van der Waals surface area contributed by atoms with E-state index in [-0.39, 0.29) is 5.02 Å². The van der Waals surface area contributed by atoms with Gasteiger partial charge in [-0.25, -0.2) is 14.4 Å². The molecule has 29 heavy (non-hydrogen) atoms. The monoisotopic (exact) mass is 410 g/mol. The van der Waals surface area contributed by atoms with Gasteiger partial charge in [0.2, 0.25) is 0 Å².